The van der Waals surface area contributed by atoms with Crippen LogP contribution in [0.4, 0.5) is 0 Å². The molecule has 0 saturated heterocycles. The van der Waals surface area contributed by atoms with Crippen molar-refractivity contribution in [2.75, 3.05) is 7.11 Å². The van der Waals surface area contributed by atoms with Gasteiger partial charge in [-0.1, -0.05) is 5.23 Å². The predicted molar refractivity (Wildman–Crippen MR) is 24.8 cm³/mol. The molecule has 0 aromatic carbocycles. The van der Waals surface area contributed by atoms with Gasteiger partial charge in [0.2, 0.25) is 0 Å². The highest BCUT2D eigenvalue weighted by Gasteiger charge is 2.03. The first kappa shape index (κ1) is 7.35. The van der Waals surface area contributed by atoms with E-state index >= 15 is 0 Å². The summed E-state index contributed by atoms with van der Waals surface area (Å²) >= 11 is 0. The molecule has 48 valence electrons. The Morgan fingerprint density at radius 1 is 1.75 bits per heavy atom. The average molecular weight is 120 g/mol. The number of nitrogens with zero attached hydrogens (tertiary/aromatic N) is 1. The molecular weight excluding hydrogens is 112 g/mol. The fraction of sp³-hybridized carbons (Fsp3) is 0.667. The van der Waals surface area contributed by atoms with E-state index in [9.17, 15) is 4.79 Å². The Morgan fingerprint density at radius 2 is 2.25 bits per heavy atom. The quantitative estimate of drug-likeness (QED) is 0.484. The van der Waals surface area contributed by atoms with Crippen LogP contribution in [-0.2, 0) is 14.6 Å². The van der Waals surface area contributed by atoms with Gasteiger partial charge in [0.1, 0.15) is 0 Å². The van der Waals surface area contributed by atoms with Crippen molar-refractivity contribution in [2.45, 2.75) is 6.92 Å². The van der Waals surface area contributed by atoms with E-state index in [-0.39, 0.29) is 0 Å². The summed E-state index contributed by atoms with van der Waals surface area (Å²) in [5, 5.41) is 0.556. The normalized spacial score (nSPS) is 8.88. The highest BCUT2D eigenvalue weighted by molar-refractivity contribution is 5.70. The van der Waals surface area contributed by atoms with Crippen LogP contribution >= 0.6 is 0 Å². The summed E-state index contributed by atoms with van der Waals surface area (Å²) in [7, 11) is 1.27. The smallest absolute Gasteiger partial charge is 0.270 e. The van der Waals surface area contributed by atoms with Gasteiger partial charge in [-0.05, 0) is 0 Å². The monoisotopic (exact) mass is 120 g/mol. The minimum absolute atomic E-state index is 0.407. The van der Waals surface area contributed by atoms with Gasteiger partial charge in [0, 0.05) is 6.92 Å². The van der Waals surface area contributed by atoms with E-state index in [1.807, 2.05) is 0 Å². The Labute approximate surface area is 46.8 Å². The van der Waals surface area contributed by atoms with E-state index in [1.54, 1.807) is 0 Å². The second-order valence-corrected chi connectivity index (χ2v) is 1.06. The van der Waals surface area contributed by atoms with Crippen molar-refractivity contribution < 1.29 is 14.6 Å². The van der Waals surface area contributed by atoms with E-state index in [0.29, 0.717) is 5.23 Å². The molecule has 0 fully saturated rings. The predicted octanol–water partition coefficient (Wildman–Crippen LogP) is -0.798. The van der Waals surface area contributed by atoms with Gasteiger partial charge in [-0.15, -0.1) is 0 Å². The van der Waals surface area contributed by atoms with E-state index in [1.165, 1.54) is 14.0 Å². The molecule has 0 aromatic rings. The van der Waals surface area contributed by atoms with Crippen molar-refractivity contribution in [1.29, 1.82) is 0 Å². The lowest BCUT2D eigenvalue weighted by Gasteiger charge is -2.10. The first-order valence-corrected chi connectivity index (χ1v) is 1.94. The third-order valence-electron chi connectivity index (χ3n) is 0.519. The Morgan fingerprint density at radius 3 is 2.25 bits per heavy atom. The maximum atomic E-state index is 10.2. The van der Waals surface area contributed by atoms with Crippen LogP contribution < -0.4 is 5.90 Å². The fourth-order valence-electron chi connectivity index (χ4n) is 0.246. The molecule has 0 radical (unpaired) electrons. The zero-order chi connectivity index (χ0) is 6.57. The van der Waals surface area contributed by atoms with Crippen molar-refractivity contribution in [3.05, 3.63) is 0 Å². The number of carbonyl (C=O) groups excluding carboxylic acids is 1. The van der Waals surface area contributed by atoms with Gasteiger partial charge in [0.25, 0.3) is 5.91 Å². The van der Waals surface area contributed by atoms with Crippen molar-refractivity contribution in [3.8, 4) is 0 Å². The first-order valence-electron chi connectivity index (χ1n) is 1.94. The van der Waals surface area contributed by atoms with Gasteiger partial charge in [0.15, 0.2) is 0 Å². The number of carbonyl (C=O) groups is 1. The number of hydrogen-bond donors (Lipinski definition) is 1. The van der Waals surface area contributed by atoms with Gasteiger partial charge in [-0.3, -0.25) is 4.79 Å². The summed E-state index contributed by atoms with van der Waals surface area (Å²) in [6.45, 7) is 1.26. The molecule has 0 atom stereocenters. The Balaban J connectivity index is 3.52. The summed E-state index contributed by atoms with van der Waals surface area (Å²) in [6, 6.07) is 0. The van der Waals surface area contributed by atoms with Crippen molar-refractivity contribution in [3.63, 3.8) is 0 Å². The third-order valence-corrected chi connectivity index (χ3v) is 0.519. The number of hydroxylamine groups is 2. The Kier molecular flexibility index (Phi) is 3.09. The van der Waals surface area contributed by atoms with E-state index in [2.05, 4.69) is 15.7 Å². The lowest BCUT2D eigenvalue weighted by molar-refractivity contribution is -0.331. The van der Waals surface area contributed by atoms with Crippen LogP contribution in [0.3, 0.4) is 0 Å². The van der Waals surface area contributed by atoms with Crippen molar-refractivity contribution >= 4 is 5.91 Å². The summed E-state index contributed by atoms with van der Waals surface area (Å²) < 4.78 is 0. The molecule has 0 spiro atoms. The van der Waals surface area contributed by atoms with Crippen molar-refractivity contribution in [1.82, 2.24) is 5.23 Å². The van der Waals surface area contributed by atoms with Gasteiger partial charge < -0.3 is 0 Å². The second-order valence-electron chi connectivity index (χ2n) is 1.06. The zero-order valence-corrected chi connectivity index (χ0v) is 4.75. The highest BCUT2D eigenvalue weighted by atomic mass is 17.0. The van der Waals surface area contributed by atoms with Gasteiger partial charge in [0.05, 0.1) is 7.11 Å². The standard InChI is InChI=1S/C3H8N2O3/c1-3(6)5(7-2)8-4/h4H2,1-2H3. The van der Waals surface area contributed by atoms with Crippen LogP contribution in [0.2, 0.25) is 0 Å². The number of amides is 1. The summed E-state index contributed by atoms with van der Waals surface area (Å²) in [4.78, 5) is 18.4. The van der Waals surface area contributed by atoms with Crippen LogP contribution in [0.5, 0.6) is 0 Å². The largest absolute Gasteiger partial charge is 0.272 e. The molecule has 5 heteroatoms. The fourth-order valence-corrected chi connectivity index (χ4v) is 0.246. The molecule has 0 heterocycles. The second kappa shape index (κ2) is 3.36. The number of hydrogen-bond acceptors (Lipinski definition) is 4. The lowest BCUT2D eigenvalue weighted by atomic mass is 10.8. The van der Waals surface area contributed by atoms with Crippen LogP contribution in [0.1, 0.15) is 6.92 Å². The maximum Gasteiger partial charge on any atom is 0.272 e. The van der Waals surface area contributed by atoms with Gasteiger partial charge >= 0.3 is 0 Å². The molecule has 1 amide bonds. The maximum absolute atomic E-state index is 10.2. The molecular formula is C3H8N2O3. The van der Waals surface area contributed by atoms with E-state index < -0.39 is 5.91 Å². The van der Waals surface area contributed by atoms with E-state index in [4.69, 9.17) is 0 Å². The van der Waals surface area contributed by atoms with Crippen molar-refractivity contribution in [2.24, 2.45) is 5.90 Å². The van der Waals surface area contributed by atoms with Gasteiger partial charge in [-0.25, -0.2) is 4.84 Å². The lowest BCUT2D eigenvalue weighted by Crippen LogP contribution is -2.30. The molecule has 8 heavy (non-hydrogen) atoms. The van der Waals surface area contributed by atoms with Crippen LogP contribution in [0.25, 0.3) is 0 Å². The minimum atomic E-state index is -0.407. The van der Waals surface area contributed by atoms with Crippen LogP contribution in [-0.4, -0.2) is 18.2 Å². The molecule has 0 unspecified atom stereocenters. The zero-order valence-electron chi connectivity index (χ0n) is 4.75. The molecule has 0 aliphatic carbocycles. The molecule has 0 bridgehead atoms. The molecule has 0 saturated carbocycles. The van der Waals surface area contributed by atoms with Gasteiger partial charge in [-0.2, -0.15) is 10.8 Å². The first-order chi connectivity index (χ1) is 3.72. The average Bonchev–Trinajstić information content (AvgIpc) is 1.69. The molecule has 0 aromatic heterocycles. The topological polar surface area (TPSA) is 64.8 Å². The Bertz CT molecular complexity index is 80.6. The number of rotatable bonds is 2. The summed E-state index contributed by atoms with van der Waals surface area (Å²) in [6.07, 6.45) is 0. The van der Waals surface area contributed by atoms with Crippen LogP contribution in [0.15, 0.2) is 0 Å². The molecule has 0 rings (SSSR count). The number of nitrogens with two attached hydrogens (primary N) is 1. The minimum Gasteiger partial charge on any atom is -0.270 e. The highest BCUT2D eigenvalue weighted by Crippen LogP contribution is 1.83. The van der Waals surface area contributed by atoms with Crippen LogP contribution in [0, 0.1) is 0 Å². The molecule has 0 aliphatic rings. The SMILES string of the molecule is CON(ON)C(C)=O. The summed E-state index contributed by atoms with van der Waals surface area (Å²) in [5.74, 6) is 4.16. The molecule has 2 N–H and O–H groups in total. The molecule has 0 aliphatic heterocycles. The van der Waals surface area contributed by atoms with E-state index in [0.717, 1.165) is 0 Å². The third kappa shape index (κ3) is 1.87. The Hall–Kier alpha value is -0.650. The summed E-state index contributed by atoms with van der Waals surface area (Å²) in [5.41, 5.74) is 0. The molecule has 5 nitrogen and oxygen atoms in total.